The van der Waals surface area contributed by atoms with Crippen LogP contribution >= 0.6 is 11.8 Å². The molecule has 1 aliphatic heterocycles. The second-order valence-corrected chi connectivity index (χ2v) is 6.54. The normalized spacial score (nSPS) is 16.2. The topological polar surface area (TPSA) is 63.2 Å². The molecular formula is C17H18FN3O2S. The molecule has 0 unspecified atom stereocenters. The van der Waals surface area contributed by atoms with Crippen molar-refractivity contribution in [2.75, 3.05) is 12.9 Å². The highest BCUT2D eigenvalue weighted by atomic mass is 32.2. The van der Waals surface area contributed by atoms with Gasteiger partial charge in [0, 0.05) is 29.5 Å². The van der Waals surface area contributed by atoms with E-state index >= 15 is 0 Å². The summed E-state index contributed by atoms with van der Waals surface area (Å²) in [6.07, 6.45) is 2.43. The van der Waals surface area contributed by atoms with Crippen LogP contribution in [0.15, 0.2) is 41.4 Å². The Bertz CT molecular complexity index is 724. The lowest BCUT2D eigenvalue weighted by Crippen LogP contribution is -2.38. The lowest BCUT2D eigenvalue weighted by Gasteiger charge is -2.26. The second kappa shape index (κ2) is 7.53. The van der Waals surface area contributed by atoms with E-state index in [1.807, 2.05) is 6.07 Å². The molecule has 2 aromatic rings. The zero-order valence-electron chi connectivity index (χ0n) is 13.2. The number of fused-ring (bicyclic) bond motifs is 1. The van der Waals surface area contributed by atoms with Crippen molar-refractivity contribution in [2.45, 2.75) is 23.9 Å². The summed E-state index contributed by atoms with van der Waals surface area (Å²) in [5.41, 5.74) is 1.71. The maximum absolute atomic E-state index is 13.5. The van der Waals surface area contributed by atoms with Crippen LogP contribution in [0.5, 0.6) is 5.88 Å². The van der Waals surface area contributed by atoms with Crippen molar-refractivity contribution in [2.24, 2.45) is 0 Å². The van der Waals surface area contributed by atoms with E-state index in [2.05, 4.69) is 15.6 Å². The minimum absolute atomic E-state index is 0.175. The van der Waals surface area contributed by atoms with Crippen LogP contribution in [0.1, 0.15) is 23.6 Å². The number of carbonyl (C=O) groups excluding carboxylic acids is 1. The predicted molar refractivity (Wildman–Crippen MR) is 90.6 cm³/mol. The van der Waals surface area contributed by atoms with Gasteiger partial charge in [-0.25, -0.2) is 14.2 Å². The summed E-state index contributed by atoms with van der Waals surface area (Å²) in [7, 11) is 1.55. The molecule has 2 amide bonds. The third kappa shape index (κ3) is 3.97. The van der Waals surface area contributed by atoms with Crippen LogP contribution in [0.25, 0.3) is 0 Å². The van der Waals surface area contributed by atoms with Crippen molar-refractivity contribution >= 4 is 17.8 Å². The molecule has 2 heterocycles. The third-order valence-electron chi connectivity index (χ3n) is 3.78. The first-order chi connectivity index (χ1) is 11.7. The molecule has 0 radical (unpaired) electrons. The Labute approximate surface area is 144 Å². The minimum atomic E-state index is -0.284. The molecule has 1 aromatic heterocycles. The van der Waals surface area contributed by atoms with Crippen LogP contribution in [-0.2, 0) is 6.54 Å². The van der Waals surface area contributed by atoms with Crippen molar-refractivity contribution < 1.29 is 13.9 Å². The summed E-state index contributed by atoms with van der Waals surface area (Å²) in [6.45, 7) is 0.361. The zero-order valence-corrected chi connectivity index (χ0v) is 14.0. The van der Waals surface area contributed by atoms with Gasteiger partial charge in [0.2, 0.25) is 5.88 Å². The Balaban J connectivity index is 1.58. The molecule has 0 saturated heterocycles. The molecule has 2 N–H and O–H groups in total. The molecule has 24 heavy (non-hydrogen) atoms. The number of aromatic nitrogens is 1. The van der Waals surface area contributed by atoms with Crippen molar-refractivity contribution in [3.05, 3.63) is 53.5 Å². The van der Waals surface area contributed by atoms with Gasteiger partial charge in [-0.05, 0) is 35.7 Å². The monoisotopic (exact) mass is 347 g/mol. The lowest BCUT2D eigenvalue weighted by molar-refractivity contribution is 0.236. The summed E-state index contributed by atoms with van der Waals surface area (Å²) in [5.74, 6) is 1.14. The van der Waals surface area contributed by atoms with Gasteiger partial charge in [0.05, 0.1) is 13.2 Å². The molecule has 5 nitrogen and oxygen atoms in total. The second-order valence-electron chi connectivity index (χ2n) is 5.41. The van der Waals surface area contributed by atoms with Crippen LogP contribution in [0, 0.1) is 5.82 Å². The fourth-order valence-electron chi connectivity index (χ4n) is 2.54. The Morgan fingerprint density at radius 3 is 3.04 bits per heavy atom. The van der Waals surface area contributed by atoms with Crippen LogP contribution in [0.3, 0.4) is 0 Å². The van der Waals surface area contributed by atoms with Crippen LogP contribution in [0.2, 0.25) is 0 Å². The summed E-state index contributed by atoms with van der Waals surface area (Å²) in [4.78, 5) is 17.2. The molecule has 1 aromatic carbocycles. The van der Waals surface area contributed by atoms with Gasteiger partial charge in [-0.15, -0.1) is 11.8 Å². The van der Waals surface area contributed by atoms with E-state index in [4.69, 9.17) is 4.74 Å². The largest absolute Gasteiger partial charge is 0.481 e. The number of halogens is 1. The van der Waals surface area contributed by atoms with Gasteiger partial charge in [-0.2, -0.15) is 0 Å². The predicted octanol–water partition coefficient (Wildman–Crippen LogP) is 3.27. The summed E-state index contributed by atoms with van der Waals surface area (Å²) in [6, 6.07) is 7.85. The number of carbonyl (C=O) groups is 1. The summed E-state index contributed by atoms with van der Waals surface area (Å²) in [5, 5.41) is 5.72. The maximum Gasteiger partial charge on any atom is 0.315 e. The SMILES string of the molecule is COc1ccc(CNC(=O)N[C@H]2CCSc3ccc(F)cc32)cn1. The van der Waals surface area contributed by atoms with Crippen LogP contribution in [0.4, 0.5) is 9.18 Å². The average molecular weight is 347 g/mol. The first kappa shape index (κ1) is 16.6. The fraction of sp³-hybridized carbons (Fsp3) is 0.294. The fourth-order valence-corrected chi connectivity index (χ4v) is 3.65. The quantitative estimate of drug-likeness (QED) is 0.891. The van der Waals surface area contributed by atoms with Crippen molar-refractivity contribution in [1.82, 2.24) is 15.6 Å². The number of ether oxygens (including phenoxy) is 1. The number of hydrogen-bond donors (Lipinski definition) is 2. The molecule has 1 atom stereocenters. The highest BCUT2D eigenvalue weighted by Crippen LogP contribution is 2.36. The number of amides is 2. The van der Waals surface area contributed by atoms with Crippen molar-refractivity contribution in [1.29, 1.82) is 0 Å². The van der Waals surface area contributed by atoms with Gasteiger partial charge in [-0.1, -0.05) is 6.07 Å². The molecule has 0 bridgehead atoms. The highest BCUT2D eigenvalue weighted by Gasteiger charge is 2.22. The summed E-state index contributed by atoms with van der Waals surface area (Å²) < 4.78 is 18.5. The number of methoxy groups -OCH3 is 1. The lowest BCUT2D eigenvalue weighted by atomic mass is 10.0. The van der Waals surface area contributed by atoms with Crippen molar-refractivity contribution in [3.8, 4) is 5.88 Å². The number of thioether (sulfide) groups is 1. The molecule has 7 heteroatoms. The van der Waals surface area contributed by atoms with E-state index < -0.39 is 0 Å². The Hall–Kier alpha value is -2.28. The Kier molecular flexibility index (Phi) is 5.20. The van der Waals surface area contributed by atoms with Gasteiger partial charge >= 0.3 is 6.03 Å². The smallest absolute Gasteiger partial charge is 0.315 e. The minimum Gasteiger partial charge on any atom is -0.481 e. The molecule has 126 valence electrons. The standard InChI is InChI=1S/C17H18FN3O2S/c1-23-16-5-2-11(9-19-16)10-20-17(22)21-14-6-7-24-15-4-3-12(18)8-13(14)15/h2-5,8-9,14H,6-7,10H2,1H3,(H2,20,21,22)/t14-/m0/s1. The van der Waals surface area contributed by atoms with E-state index in [0.717, 1.165) is 28.2 Å². The molecule has 0 saturated carbocycles. The number of benzene rings is 1. The van der Waals surface area contributed by atoms with E-state index in [0.29, 0.717) is 12.4 Å². The highest BCUT2D eigenvalue weighted by molar-refractivity contribution is 7.99. The Morgan fingerprint density at radius 2 is 2.29 bits per heavy atom. The first-order valence-electron chi connectivity index (χ1n) is 7.61. The van der Waals surface area contributed by atoms with E-state index in [-0.39, 0.29) is 17.9 Å². The number of urea groups is 1. The maximum atomic E-state index is 13.5. The zero-order chi connectivity index (χ0) is 16.9. The summed E-state index contributed by atoms with van der Waals surface area (Å²) >= 11 is 1.68. The van der Waals surface area contributed by atoms with E-state index in [1.165, 1.54) is 12.1 Å². The molecular weight excluding hydrogens is 329 g/mol. The van der Waals surface area contributed by atoms with Gasteiger partial charge in [0.25, 0.3) is 0 Å². The number of pyridine rings is 1. The van der Waals surface area contributed by atoms with Crippen LogP contribution < -0.4 is 15.4 Å². The van der Waals surface area contributed by atoms with Gasteiger partial charge in [0.1, 0.15) is 5.82 Å². The van der Waals surface area contributed by atoms with Gasteiger partial charge < -0.3 is 15.4 Å². The van der Waals surface area contributed by atoms with Crippen LogP contribution in [-0.4, -0.2) is 23.9 Å². The number of rotatable bonds is 4. The van der Waals surface area contributed by atoms with E-state index in [9.17, 15) is 9.18 Å². The third-order valence-corrected chi connectivity index (χ3v) is 4.90. The molecule has 0 fully saturated rings. The van der Waals surface area contributed by atoms with Gasteiger partial charge in [0.15, 0.2) is 0 Å². The number of nitrogens with zero attached hydrogens (tertiary/aromatic N) is 1. The molecule has 0 spiro atoms. The van der Waals surface area contributed by atoms with Crippen molar-refractivity contribution in [3.63, 3.8) is 0 Å². The first-order valence-corrected chi connectivity index (χ1v) is 8.60. The molecule has 3 rings (SSSR count). The molecule has 1 aliphatic rings. The number of nitrogens with one attached hydrogen (secondary N) is 2. The Morgan fingerprint density at radius 1 is 1.42 bits per heavy atom. The average Bonchev–Trinajstić information content (AvgIpc) is 2.61. The number of hydrogen-bond acceptors (Lipinski definition) is 4. The molecule has 0 aliphatic carbocycles. The van der Waals surface area contributed by atoms with Gasteiger partial charge in [-0.3, -0.25) is 0 Å². The van der Waals surface area contributed by atoms with E-state index in [1.54, 1.807) is 37.2 Å².